The van der Waals surface area contributed by atoms with Crippen molar-refractivity contribution in [1.82, 2.24) is 15.1 Å². The van der Waals surface area contributed by atoms with Gasteiger partial charge in [0.05, 0.1) is 12.5 Å². The third kappa shape index (κ3) is 7.38. The minimum Gasteiger partial charge on any atom is -0.481 e. The van der Waals surface area contributed by atoms with E-state index in [-0.39, 0.29) is 13.1 Å². The summed E-state index contributed by atoms with van der Waals surface area (Å²) < 4.78 is 13.5. The zero-order chi connectivity index (χ0) is 29.7. The monoisotopic (exact) mass is 561 g/mol. The lowest BCUT2D eigenvalue weighted by atomic mass is 10.0. The van der Waals surface area contributed by atoms with Gasteiger partial charge in [-0.15, -0.1) is 0 Å². The van der Waals surface area contributed by atoms with Crippen LogP contribution in [0.25, 0.3) is 0 Å². The number of carboxylic acids is 1. The molecule has 1 fully saturated rings. The highest BCUT2D eigenvalue weighted by Crippen LogP contribution is 2.23. The van der Waals surface area contributed by atoms with Gasteiger partial charge in [-0.3, -0.25) is 19.4 Å². The van der Waals surface area contributed by atoms with Crippen LogP contribution in [0, 0.1) is 26.6 Å². The largest absolute Gasteiger partial charge is 0.481 e. The highest BCUT2D eigenvalue weighted by atomic mass is 19.1. The second-order valence-electron chi connectivity index (χ2n) is 10.1. The zero-order valence-electron chi connectivity index (χ0n) is 23.0. The Hall–Kier alpha value is -4.93. The Balaban J connectivity index is 1.62. The number of hydrogen-bond donors (Lipinski definition) is 4. The van der Waals surface area contributed by atoms with Gasteiger partial charge in [0, 0.05) is 24.5 Å². The molecule has 0 saturated carbocycles. The molecule has 0 spiro atoms. The van der Waals surface area contributed by atoms with Crippen molar-refractivity contribution in [2.24, 2.45) is 0 Å². The number of nitrogens with zero attached hydrogens (tertiary/aromatic N) is 2. The number of amides is 5. The summed E-state index contributed by atoms with van der Waals surface area (Å²) >= 11 is 0. The Labute approximate surface area is 237 Å². The number of benzene rings is 3. The molecule has 41 heavy (non-hydrogen) atoms. The number of urea groups is 2. The minimum atomic E-state index is -1.39. The van der Waals surface area contributed by atoms with Crippen molar-refractivity contribution in [3.05, 3.63) is 94.8 Å². The molecule has 4 rings (SSSR count). The lowest BCUT2D eigenvalue weighted by Crippen LogP contribution is -2.56. The quantitative estimate of drug-likeness (QED) is 0.330. The summed E-state index contributed by atoms with van der Waals surface area (Å²) in [5, 5.41) is 17.7. The van der Waals surface area contributed by atoms with E-state index in [2.05, 4.69) is 16.0 Å². The number of anilines is 2. The van der Waals surface area contributed by atoms with Crippen molar-refractivity contribution < 1.29 is 28.7 Å². The van der Waals surface area contributed by atoms with Crippen molar-refractivity contribution in [2.45, 2.75) is 39.4 Å². The number of aliphatic carboxylic acids is 1. The molecule has 11 heteroatoms. The van der Waals surface area contributed by atoms with Crippen molar-refractivity contribution in [2.75, 3.05) is 23.7 Å². The number of hydrogen-bond acceptors (Lipinski definition) is 4. The van der Waals surface area contributed by atoms with Gasteiger partial charge in [-0.05, 0) is 79.4 Å². The van der Waals surface area contributed by atoms with Crippen molar-refractivity contribution >= 4 is 35.3 Å². The van der Waals surface area contributed by atoms with Crippen LogP contribution in [0.15, 0.2) is 66.7 Å². The molecule has 1 saturated heterocycles. The van der Waals surface area contributed by atoms with E-state index >= 15 is 0 Å². The summed E-state index contributed by atoms with van der Waals surface area (Å²) in [6.45, 7) is 5.76. The molecule has 1 aliphatic rings. The van der Waals surface area contributed by atoms with E-state index in [1.165, 1.54) is 21.9 Å². The Morgan fingerprint density at radius 1 is 0.829 bits per heavy atom. The summed E-state index contributed by atoms with van der Waals surface area (Å²) in [6, 6.07) is 15.5. The maximum atomic E-state index is 13.8. The summed E-state index contributed by atoms with van der Waals surface area (Å²) in [6.07, 6.45) is -1.88. The Bertz CT molecular complexity index is 1440. The molecular formula is C30H32FN5O5. The number of carbonyl (C=O) groups excluding carboxylic acids is 3. The number of carbonyl (C=O) groups is 4. The summed E-state index contributed by atoms with van der Waals surface area (Å²) in [7, 11) is 0. The molecule has 0 aliphatic carbocycles. The van der Waals surface area contributed by atoms with E-state index in [4.69, 9.17) is 0 Å². The number of nitrogens with one attached hydrogen (secondary N) is 3. The Kier molecular flexibility index (Phi) is 8.86. The van der Waals surface area contributed by atoms with Crippen LogP contribution < -0.4 is 16.0 Å². The summed E-state index contributed by atoms with van der Waals surface area (Å²) in [5.74, 6) is -2.46. The van der Waals surface area contributed by atoms with Gasteiger partial charge >= 0.3 is 18.0 Å². The topological polar surface area (TPSA) is 131 Å². The number of rotatable bonds is 7. The molecule has 3 aromatic carbocycles. The van der Waals surface area contributed by atoms with Crippen LogP contribution in [-0.4, -0.2) is 58.1 Å². The van der Waals surface area contributed by atoms with Crippen LogP contribution in [0.5, 0.6) is 0 Å². The second-order valence-corrected chi connectivity index (χ2v) is 10.1. The highest BCUT2D eigenvalue weighted by Gasteiger charge is 2.43. The van der Waals surface area contributed by atoms with E-state index in [1.807, 2.05) is 32.9 Å². The maximum absolute atomic E-state index is 13.8. The van der Waals surface area contributed by atoms with Gasteiger partial charge in [0.15, 0.2) is 6.17 Å². The average molecular weight is 562 g/mol. The molecule has 0 bridgehead atoms. The Morgan fingerprint density at radius 2 is 1.39 bits per heavy atom. The second kappa shape index (κ2) is 12.5. The number of aryl methyl sites for hydroxylation is 3. The maximum Gasteiger partial charge on any atom is 0.323 e. The van der Waals surface area contributed by atoms with Gasteiger partial charge in [0.25, 0.3) is 5.91 Å². The van der Waals surface area contributed by atoms with Gasteiger partial charge in [-0.25, -0.2) is 14.0 Å². The molecule has 1 heterocycles. The molecule has 1 aliphatic heterocycles. The van der Waals surface area contributed by atoms with E-state index in [1.54, 1.807) is 30.3 Å². The molecule has 5 amide bonds. The molecular weight excluding hydrogens is 529 g/mol. The zero-order valence-corrected chi connectivity index (χ0v) is 23.0. The van der Waals surface area contributed by atoms with Gasteiger partial charge < -0.3 is 21.1 Å². The fraction of sp³-hybridized carbons (Fsp3) is 0.267. The van der Waals surface area contributed by atoms with Crippen molar-refractivity contribution in [1.29, 1.82) is 0 Å². The number of carboxylic acid groups (broad SMARTS) is 1. The summed E-state index contributed by atoms with van der Waals surface area (Å²) in [4.78, 5) is 54.6. The lowest BCUT2D eigenvalue weighted by Gasteiger charge is -2.31. The standard InChI is InChI=1S/C30H32FN5O5/c1-18-5-4-6-23(14-18)32-29(40)35-11-12-36(30(41)33-24-15-19(2)13-20(3)16-24)28(35)27(39)34-25(17-26(37)38)21-7-9-22(31)10-8-21/h4-10,13-16,25,28H,11-12,17H2,1-3H3,(H,32,40)(H,33,41)(H,34,39)(H,37,38). The van der Waals surface area contributed by atoms with Crippen LogP contribution in [0.2, 0.25) is 0 Å². The summed E-state index contributed by atoms with van der Waals surface area (Å²) in [5.41, 5.74) is 4.20. The molecule has 4 N–H and O–H groups in total. The first-order chi connectivity index (χ1) is 19.5. The molecule has 3 aromatic rings. The fourth-order valence-electron chi connectivity index (χ4n) is 4.86. The van der Waals surface area contributed by atoms with E-state index in [0.29, 0.717) is 16.9 Å². The first kappa shape index (κ1) is 29.1. The SMILES string of the molecule is Cc1cccc(NC(=O)N2CCN(C(=O)Nc3cc(C)cc(C)c3)C2C(=O)NC(CC(=O)O)c2ccc(F)cc2)c1. The fourth-order valence-corrected chi connectivity index (χ4v) is 4.86. The predicted molar refractivity (Wildman–Crippen MR) is 152 cm³/mol. The third-order valence-electron chi connectivity index (χ3n) is 6.64. The van der Waals surface area contributed by atoms with Crippen molar-refractivity contribution in [3.8, 4) is 0 Å². The van der Waals surface area contributed by atoms with Gasteiger partial charge in [-0.2, -0.15) is 0 Å². The first-order valence-corrected chi connectivity index (χ1v) is 13.1. The van der Waals surface area contributed by atoms with E-state index in [9.17, 15) is 28.7 Å². The van der Waals surface area contributed by atoms with Crippen LogP contribution in [0.1, 0.15) is 34.7 Å². The lowest BCUT2D eigenvalue weighted by molar-refractivity contribution is -0.138. The third-order valence-corrected chi connectivity index (χ3v) is 6.64. The smallest absolute Gasteiger partial charge is 0.323 e. The predicted octanol–water partition coefficient (Wildman–Crippen LogP) is 4.79. The first-order valence-electron chi connectivity index (χ1n) is 13.1. The molecule has 10 nitrogen and oxygen atoms in total. The van der Waals surface area contributed by atoms with Gasteiger partial charge in [-0.1, -0.05) is 30.3 Å². The number of halogens is 1. The molecule has 0 radical (unpaired) electrons. The highest BCUT2D eigenvalue weighted by molar-refractivity contribution is 5.98. The van der Waals surface area contributed by atoms with Gasteiger partial charge in [0.2, 0.25) is 0 Å². The molecule has 0 aromatic heterocycles. The molecule has 214 valence electrons. The minimum absolute atomic E-state index is 0.0517. The van der Waals surface area contributed by atoms with Gasteiger partial charge in [0.1, 0.15) is 5.82 Å². The average Bonchev–Trinajstić information content (AvgIpc) is 3.34. The van der Waals surface area contributed by atoms with E-state index in [0.717, 1.165) is 28.8 Å². The van der Waals surface area contributed by atoms with Crippen molar-refractivity contribution in [3.63, 3.8) is 0 Å². The van der Waals surface area contributed by atoms with Crippen LogP contribution in [-0.2, 0) is 9.59 Å². The molecule has 2 atom stereocenters. The Morgan fingerprint density at radius 3 is 1.95 bits per heavy atom. The molecule has 2 unspecified atom stereocenters. The van der Waals surface area contributed by atoms with Crippen LogP contribution in [0.3, 0.4) is 0 Å². The van der Waals surface area contributed by atoms with Crippen LogP contribution in [0.4, 0.5) is 25.4 Å². The van der Waals surface area contributed by atoms with Crippen LogP contribution >= 0.6 is 0 Å². The van der Waals surface area contributed by atoms with E-state index < -0.39 is 48.4 Å². The normalized spacial score (nSPS) is 15.3.